The van der Waals surface area contributed by atoms with Crippen LogP contribution in [0.15, 0.2) is 55.0 Å². The van der Waals surface area contributed by atoms with Crippen LogP contribution in [0.1, 0.15) is 16.3 Å². The summed E-state index contributed by atoms with van der Waals surface area (Å²) >= 11 is 0. The van der Waals surface area contributed by atoms with Gasteiger partial charge in [-0.3, -0.25) is 9.78 Å². The molecule has 0 unspecified atom stereocenters. The monoisotopic (exact) mass is 360 g/mol. The zero-order valence-corrected chi connectivity index (χ0v) is 15.1. The van der Waals surface area contributed by atoms with Gasteiger partial charge >= 0.3 is 0 Å². The minimum absolute atomic E-state index is 0.0772. The van der Waals surface area contributed by atoms with Gasteiger partial charge in [-0.15, -0.1) is 0 Å². The molecule has 0 aliphatic carbocycles. The predicted octanol–water partition coefficient (Wildman–Crippen LogP) is 2.20. The van der Waals surface area contributed by atoms with Crippen molar-refractivity contribution in [1.29, 1.82) is 0 Å². The number of benzene rings is 1. The van der Waals surface area contributed by atoms with Gasteiger partial charge in [-0.25, -0.2) is 15.0 Å². The van der Waals surface area contributed by atoms with E-state index in [2.05, 4.69) is 24.8 Å². The van der Waals surface area contributed by atoms with Gasteiger partial charge in [0.05, 0.1) is 11.9 Å². The van der Waals surface area contributed by atoms with Crippen LogP contribution in [0.3, 0.4) is 0 Å². The smallest absolute Gasteiger partial charge is 0.274 e. The lowest BCUT2D eigenvalue weighted by atomic mass is 10.1. The summed E-state index contributed by atoms with van der Waals surface area (Å²) in [5.74, 6) is 1.56. The molecule has 0 N–H and O–H groups in total. The molecule has 2 aromatic heterocycles. The molecule has 1 amide bonds. The zero-order valence-electron chi connectivity index (χ0n) is 15.1. The number of aryl methyl sites for hydroxylation is 1. The van der Waals surface area contributed by atoms with Crippen molar-refractivity contribution in [3.63, 3.8) is 0 Å². The van der Waals surface area contributed by atoms with Gasteiger partial charge < -0.3 is 9.80 Å². The molecule has 1 aliphatic heterocycles. The summed E-state index contributed by atoms with van der Waals surface area (Å²) in [7, 11) is 0. The van der Waals surface area contributed by atoms with Crippen molar-refractivity contribution in [3.8, 4) is 11.3 Å². The molecule has 0 spiro atoms. The van der Waals surface area contributed by atoms with Crippen molar-refractivity contribution in [2.75, 3.05) is 31.1 Å². The highest BCUT2D eigenvalue weighted by Crippen LogP contribution is 2.22. The number of hydrogen-bond donors (Lipinski definition) is 0. The summed E-state index contributed by atoms with van der Waals surface area (Å²) in [5, 5.41) is 0. The number of piperazine rings is 1. The zero-order chi connectivity index (χ0) is 18.6. The molecule has 1 aliphatic rings. The fourth-order valence-electron chi connectivity index (χ4n) is 3.18. The van der Waals surface area contributed by atoms with E-state index in [1.807, 2.05) is 48.2 Å². The first-order chi connectivity index (χ1) is 13.2. The van der Waals surface area contributed by atoms with E-state index in [4.69, 9.17) is 0 Å². The van der Waals surface area contributed by atoms with E-state index < -0.39 is 0 Å². The van der Waals surface area contributed by atoms with Gasteiger partial charge in [-0.1, -0.05) is 30.3 Å². The quantitative estimate of drug-likeness (QED) is 0.713. The van der Waals surface area contributed by atoms with Crippen LogP contribution in [-0.2, 0) is 0 Å². The number of amides is 1. The van der Waals surface area contributed by atoms with Crippen molar-refractivity contribution >= 4 is 11.7 Å². The standard InChI is InChI=1S/C20H20N6O/c1-15-23-17(16-5-3-2-4-6-16)13-19(24-15)25-9-11-26(12-10-25)20(27)18-14-21-7-8-22-18/h2-8,13-14H,9-12H2,1H3. The van der Waals surface area contributed by atoms with Crippen LogP contribution in [0.4, 0.5) is 5.82 Å². The van der Waals surface area contributed by atoms with Gasteiger partial charge in [-0.2, -0.15) is 0 Å². The first kappa shape index (κ1) is 17.1. The number of anilines is 1. The highest BCUT2D eigenvalue weighted by molar-refractivity contribution is 5.92. The van der Waals surface area contributed by atoms with E-state index >= 15 is 0 Å². The van der Waals surface area contributed by atoms with Crippen LogP contribution in [0.2, 0.25) is 0 Å². The molecule has 0 saturated carbocycles. The summed E-state index contributed by atoms with van der Waals surface area (Å²) in [6, 6.07) is 12.1. The van der Waals surface area contributed by atoms with E-state index in [0.717, 1.165) is 36.0 Å². The molecular formula is C20H20N6O. The molecular weight excluding hydrogens is 340 g/mol. The van der Waals surface area contributed by atoms with E-state index in [1.165, 1.54) is 12.4 Å². The Bertz CT molecular complexity index is 924. The highest BCUT2D eigenvalue weighted by Gasteiger charge is 2.24. The molecule has 7 heteroatoms. The van der Waals surface area contributed by atoms with Gasteiger partial charge in [0.2, 0.25) is 0 Å². The number of aromatic nitrogens is 4. The Balaban J connectivity index is 1.48. The Kier molecular flexibility index (Phi) is 4.74. The largest absolute Gasteiger partial charge is 0.353 e. The van der Waals surface area contributed by atoms with Gasteiger partial charge in [-0.05, 0) is 6.92 Å². The lowest BCUT2D eigenvalue weighted by Gasteiger charge is -2.35. The van der Waals surface area contributed by atoms with Gasteiger partial charge in [0, 0.05) is 50.2 Å². The van der Waals surface area contributed by atoms with Crippen LogP contribution >= 0.6 is 0 Å². The van der Waals surface area contributed by atoms with Crippen molar-refractivity contribution in [1.82, 2.24) is 24.8 Å². The summed E-state index contributed by atoms with van der Waals surface area (Å²) in [5.41, 5.74) is 2.37. The molecule has 136 valence electrons. The lowest BCUT2D eigenvalue weighted by molar-refractivity contribution is 0.0740. The predicted molar refractivity (Wildman–Crippen MR) is 102 cm³/mol. The normalized spacial score (nSPS) is 14.3. The number of hydrogen-bond acceptors (Lipinski definition) is 6. The number of nitrogens with zero attached hydrogens (tertiary/aromatic N) is 6. The van der Waals surface area contributed by atoms with Crippen LogP contribution in [0.5, 0.6) is 0 Å². The molecule has 0 bridgehead atoms. The second kappa shape index (κ2) is 7.49. The third kappa shape index (κ3) is 3.76. The molecule has 7 nitrogen and oxygen atoms in total. The number of carbonyl (C=O) groups is 1. The van der Waals surface area contributed by atoms with Crippen molar-refractivity contribution in [2.24, 2.45) is 0 Å². The fourth-order valence-corrected chi connectivity index (χ4v) is 3.18. The molecule has 4 rings (SSSR count). The Hall–Kier alpha value is -3.35. The second-order valence-electron chi connectivity index (χ2n) is 6.39. The molecule has 1 fully saturated rings. The van der Waals surface area contributed by atoms with Crippen molar-refractivity contribution < 1.29 is 4.79 Å². The highest BCUT2D eigenvalue weighted by atomic mass is 16.2. The summed E-state index contributed by atoms with van der Waals surface area (Å²) in [6.45, 7) is 4.59. The molecule has 1 aromatic carbocycles. The van der Waals surface area contributed by atoms with E-state index in [0.29, 0.717) is 18.8 Å². The number of carbonyl (C=O) groups excluding carboxylic acids is 1. The van der Waals surface area contributed by atoms with E-state index in [1.54, 1.807) is 6.20 Å². The van der Waals surface area contributed by atoms with Crippen LogP contribution in [0, 0.1) is 6.92 Å². The minimum atomic E-state index is -0.0772. The van der Waals surface area contributed by atoms with Crippen LogP contribution < -0.4 is 4.90 Å². The molecule has 27 heavy (non-hydrogen) atoms. The Morgan fingerprint density at radius 3 is 2.48 bits per heavy atom. The third-order valence-corrected chi connectivity index (χ3v) is 4.57. The van der Waals surface area contributed by atoms with E-state index in [-0.39, 0.29) is 5.91 Å². The van der Waals surface area contributed by atoms with Crippen LogP contribution in [0.25, 0.3) is 11.3 Å². The summed E-state index contributed by atoms with van der Waals surface area (Å²) < 4.78 is 0. The maximum atomic E-state index is 12.5. The van der Waals surface area contributed by atoms with Crippen LogP contribution in [-0.4, -0.2) is 56.9 Å². The Labute approximate surface area is 157 Å². The fraction of sp³-hybridized carbons (Fsp3) is 0.250. The SMILES string of the molecule is Cc1nc(-c2ccccc2)cc(N2CCN(C(=O)c3cnccn3)CC2)n1. The molecule has 0 radical (unpaired) electrons. The maximum absolute atomic E-state index is 12.5. The molecule has 3 aromatic rings. The molecule has 0 atom stereocenters. The number of rotatable bonds is 3. The second-order valence-corrected chi connectivity index (χ2v) is 6.39. The van der Waals surface area contributed by atoms with Crippen molar-refractivity contribution in [3.05, 3.63) is 66.5 Å². The van der Waals surface area contributed by atoms with Gasteiger partial charge in [0.1, 0.15) is 17.3 Å². The molecule has 1 saturated heterocycles. The topological polar surface area (TPSA) is 75.1 Å². The Morgan fingerprint density at radius 1 is 1.00 bits per heavy atom. The molecule has 3 heterocycles. The third-order valence-electron chi connectivity index (χ3n) is 4.57. The van der Waals surface area contributed by atoms with Crippen molar-refractivity contribution in [2.45, 2.75) is 6.92 Å². The lowest BCUT2D eigenvalue weighted by Crippen LogP contribution is -2.49. The Morgan fingerprint density at radius 2 is 1.78 bits per heavy atom. The maximum Gasteiger partial charge on any atom is 0.274 e. The average molecular weight is 360 g/mol. The average Bonchev–Trinajstić information content (AvgIpc) is 2.74. The van der Waals surface area contributed by atoms with Gasteiger partial charge in [0.15, 0.2) is 0 Å². The minimum Gasteiger partial charge on any atom is -0.353 e. The van der Waals surface area contributed by atoms with E-state index in [9.17, 15) is 4.79 Å². The van der Waals surface area contributed by atoms with Gasteiger partial charge in [0.25, 0.3) is 5.91 Å². The summed E-state index contributed by atoms with van der Waals surface area (Å²) in [6.07, 6.45) is 4.61. The first-order valence-electron chi connectivity index (χ1n) is 8.92. The summed E-state index contributed by atoms with van der Waals surface area (Å²) in [4.78, 5) is 33.8. The first-order valence-corrected chi connectivity index (χ1v) is 8.92.